The van der Waals surface area contributed by atoms with Crippen molar-refractivity contribution in [3.05, 3.63) is 0 Å². The molecule has 0 N–H and O–H groups in total. The topological polar surface area (TPSA) is 9.23 Å². The van der Waals surface area contributed by atoms with Crippen LogP contribution in [0.5, 0.6) is 0 Å². The zero-order chi connectivity index (χ0) is 4.12. The molecule has 6 heavy (non-hydrogen) atoms. The molecule has 0 amide bonds. The molecule has 0 saturated heterocycles. The van der Waals surface area contributed by atoms with Gasteiger partial charge >= 0.3 is 18.9 Å². The Morgan fingerprint density at radius 3 is 1.50 bits per heavy atom. The molecule has 0 spiro atoms. The summed E-state index contributed by atoms with van der Waals surface area (Å²) in [5.74, 6) is 0. The van der Waals surface area contributed by atoms with Gasteiger partial charge in [-0.15, -0.1) is 0 Å². The van der Waals surface area contributed by atoms with Crippen molar-refractivity contribution in [3.8, 4) is 0 Å². The van der Waals surface area contributed by atoms with E-state index in [-0.39, 0.29) is 18.9 Å². The van der Waals surface area contributed by atoms with Crippen LogP contribution in [0.3, 0.4) is 0 Å². The molecule has 0 saturated carbocycles. The van der Waals surface area contributed by atoms with Crippen LogP contribution in [0.25, 0.3) is 0 Å². The fourth-order valence-corrected chi connectivity index (χ4v) is 0.204. The summed E-state index contributed by atoms with van der Waals surface area (Å²) in [5, 5.41) is 0. The first-order chi connectivity index (χ1) is 2.41. The van der Waals surface area contributed by atoms with Crippen molar-refractivity contribution in [2.24, 2.45) is 0 Å². The minimum absolute atomic E-state index is 0. The van der Waals surface area contributed by atoms with Crippen molar-refractivity contribution in [2.45, 2.75) is 13.8 Å². The van der Waals surface area contributed by atoms with Crippen molar-refractivity contribution < 1.29 is 4.74 Å². The molecular formula is C4H11LiO. The van der Waals surface area contributed by atoms with Gasteiger partial charge in [0.05, 0.1) is 0 Å². The maximum absolute atomic E-state index is 4.83. The predicted octanol–water partition coefficient (Wildman–Crippen LogP) is 0.394. The Balaban J connectivity index is 0. The van der Waals surface area contributed by atoms with Crippen LogP contribution in [0.15, 0.2) is 0 Å². The molecule has 0 aliphatic carbocycles. The van der Waals surface area contributed by atoms with E-state index in [9.17, 15) is 0 Å². The van der Waals surface area contributed by atoms with Gasteiger partial charge < -0.3 is 4.74 Å². The van der Waals surface area contributed by atoms with E-state index in [4.69, 9.17) is 4.74 Å². The normalized spacial score (nSPS) is 7.00. The zero-order valence-corrected chi connectivity index (χ0v) is 3.82. The van der Waals surface area contributed by atoms with Crippen molar-refractivity contribution in [2.75, 3.05) is 13.2 Å². The Kier molecular flexibility index (Phi) is 14.8. The van der Waals surface area contributed by atoms with Crippen molar-refractivity contribution >= 4 is 18.9 Å². The third kappa shape index (κ3) is 8.82. The summed E-state index contributed by atoms with van der Waals surface area (Å²) >= 11 is 0. The number of rotatable bonds is 2. The van der Waals surface area contributed by atoms with Crippen LogP contribution in [0.4, 0.5) is 0 Å². The van der Waals surface area contributed by atoms with E-state index in [1.165, 1.54) is 0 Å². The van der Waals surface area contributed by atoms with E-state index in [0.717, 1.165) is 13.2 Å². The van der Waals surface area contributed by atoms with Gasteiger partial charge in [-0.25, -0.2) is 0 Å². The summed E-state index contributed by atoms with van der Waals surface area (Å²) in [6.45, 7) is 5.67. The van der Waals surface area contributed by atoms with Crippen LogP contribution in [0.2, 0.25) is 0 Å². The van der Waals surface area contributed by atoms with E-state index >= 15 is 0 Å². The molecule has 0 aromatic rings. The number of ether oxygens (including phenoxy) is 1. The van der Waals surface area contributed by atoms with Crippen LogP contribution in [-0.4, -0.2) is 32.1 Å². The monoisotopic (exact) mass is 82.1 g/mol. The molecule has 2 heteroatoms. The molecule has 0 unspecified atom stereocenters. The molecule has 0 aliphatic heterocycles. The molecule has 0 atom stereocenters. The average molecular weight is 82.1 g/mol. The molecule has 0 aromatic carbocycles. The molecule has 0 fully saturated rings. The molecule has 1 nitrogen and oxygen atoms in total. The predicted molar refractivity (Wildman–Crippen MR) is 29.3 cm³/mol. The van der Waals surface area contributed by atoms with E-state index in [1.54, 1.807) is 0 Å². The Morgan fingerprint density at radius 1 is 1.17 bits per heavy atom. The number of hydrogen-bond acceptors (Lipinski definition) is 1. The van der Waals surface area contributed by atoms with E-state index in [2.05, 4.69) is 0 Å². The van der Waals surface area contributed by atoms with Crippen LogP contribution in [-0.2, 0) is 4.74 Å². The van der Waals surface area contributed by atoms with Crippen LogP contribution < -0.4 is 0 Å². The Labute approximate surface area is 51.2 Å². The molecule has 0 heterocycles. The van der Waals surface area contributed by atoms with Gasteiger partial charge in [0.25, 0.3) is 0 Å². The van der Waals surface area contributed by atoms with Gasteiger partial charge in [-0.1, -0.05) is 0 Å². The van der Waals surface area contributed by atoms with Crippen molar-refractivity contribution in [3.63, 3.8) is 0 Å². The van der Waals surface area contributed by atoms with Crippen LogP contribution in [0.1, 0.15) is 13.8 Å². The van der Waals surface area contributed by atoms with Crippen LogP contribution in [0, 0.1) is 0 Å². The molecule has 0 aliphatic rings. The quantitative estimate of drug-likeness (QED) is 0.438. The van der Waals surface area contributed by atoms with E-state index in [1.807, 2.05) is 13.8 Å². The first-order valence-electron chi connectivity index (χ1n) is 1.99. The summed E-state index contributed by atoms with van der Waals surface area (Å²) in [6.07, 6.45) is 0. The van der Waals surface area contributed by atoms with Crippen LogP contribution >= 0.6 is 0 Å². The zero-order valence-electron chi connectivity index (χ0n) is 3.82. The second kappa shape index (κ2) is 9.12. The maximum atomic E-state index is 4.83. The van der Waals surface area contributed by atoms with Gasteiger partial charge in [0.1, 0.15) is 0 Å². The van der Waals surface area contributed by atoms with Crippen molar-refractivity contribution in [1.82, 2.24) is 0 Å². The fourth-order valence-electron chi connectivity index (χ4n) is 0.204. The number of hydrogen-bond donors (Lipinski definition) is 0. The van der Waals surface area contributed by atoms with Crippen molar-refractivity contribution in [1.29, 1.82) is 0 Å². The average Bonchev–Trinajstić information content (AvgIpc) is 1.41. The Morgan fingerprint density at radius 2 is 1.50 bits per heavy atom. The summed E-state index contributed by atoms with van der Waals surface area (Å²) in [5.41, 5.74) is 0. The van der Waals surface area contributed by atoms with E-state index < -0.39 is 0 Å². The van der Waals surface area contributed by atoms with E-state index in [0.29, 0.717) is 0 Å². The van der Waals surface area contributed by atoms with Gasteiger partial charge in [-0.3, -0.25) is 0 Å². The summed E-state index contributed by atoms with van der Waals surface area (Å²) in [6, 6.07) is 0. The standard InChI is InChI=1S/C4H10O.Li.H/c1-3-5-4-2;;/h3-4H2,1-2H3;;. The molecule has 0 radical (unpaired) electrons. The molecule has 0 aromatic heterocycles. The second-order valence-electron chi connectivity index (χ2n) is 0.781. The Bertz CT molecular complexity index is 15.0. The SMILES string of the molecule is CCOCC.[LiH]. The molecule has 0 rings (SSSR count). The van der Waals surface area contributed by atoms with Gasteiger partial charge in [-0.2, -0.15) is 0 Å². The summed E-state index contributed by atoms with van der Waals surface area (Å²) < 4.78 is 4.83. The summed E-state index contributed by atoms with van der Waals surface area (Å²) in [7, 11) is 0. The van der Waals surface area contributed by atoms with Gasteiger partial charge in [0, 0.05) is 13.2 Å². The third-order valence-corrected chi connectivity index (χ3v) is 0.408. The van der Waals surface area contributed by atoms with Gasteiger partial charge in [-0.05, 0) is 13.8 Å². The summed E-state index contributed by atoms with van der Waals surface area (Å²) in [4.78, 5) is 0. The molecule has 34 valence electrons. The van der Waals surface area contributed by atoms with Gasteiger partial charge in [0.15, 0.2) is 0 Å². The molecule has 0 bridgehead atoms. The first-order valence-corrected chi connectivity index (χ1v) is 1.99. The molecular weight excluding hydrogens is 71.0 g/mol. The fraction of sp³-hybridized carbons (Fsp3) is 1.00. The minimum atomic E-state index is 0. The van der Waals surface area contributed by atoms with Gasteiger partial charge in [0.2, 0.25) is 0 Å². The third-order valence-electron chi connectivity index (χ3n) is 0.408. The second-order valence-corrected chi connectivity index (χ2v) is 0.781. The first kappa shape index (κ1) is 9.75. The Hall–Kier alpha value is 0.557.